The van der Waals surface area contributed by atoms with Crippen molar-refractivity contribution in [3.8, 4) is 0 Å². The van der Waals surface area contributed by atoms with E-state index >= 15 is 0 Å². The van der Waals surface area contributed by atoms with Crippen molar-refractivity contribution in [1.29, 1.82) is 0 Å². The molecule has 0 aliphatic carbocycles. The number of likely N-dealkylation sites (N-methyl/N-ethyl adjacent to an activating group) is 1. The van der Waals surface area contributed by atoms with E-state index in [1.807, 2.05) is 42.3 Å². The van der Waals surface area contributed by atoms with E-state index in [-0.39, 0.29) is 16.3 Å². The molecule has 5 heteroatoms. The Morgan fingerprint density at radius 3 is 2.55 bits per heavy atom. The van der Waals surface area contributed by atoms with Crippen LogP contribution in [-0.2, 0) is 4.79 Å². The Morgan fingerprint density at radius 1 is 1.40 bits per heavy atom. The summed E-state index contributed by atoms with van der Waals surface area (Å²) in [6, 6.07) is 9.81. The molecule has 0 saturated heterocycles. The van der Waals surface area contributed by atoms with Gasteiger partial charge in [0.15, 0.2) is 0 Å². The highest BCUT2D eigenvalue weighted by molar-refractivity contribution is 9.10. The maximum Gasteiger partial charge on any atom is 0.246 e. The highest BCUT2D eigenvalue weighted by Crippen LogP contribution is 2.32. The molecular formula is C15H20BrN3O. The predicted octanol–water partition coefficient (Wildman–Crippen LogP) is 2.34. The molecule has 1 aromatic rings. The molecule has 0 spiro atoms. The normalized spacial score (nSPS) is 23.4. The first-order chi connectivity index (χ1) is 9.33. The molecule has 0 fully saturated rings. The highest BCUT2D eigenvalue weighted by atomic mass is 79.9. The third-order valence-corrected chi connectivity index (χ3v) is 4.10. The first-order valence-corrected chi connectivity index (χ1v) is 7.43. The maximum atomic E-state index is 12.1. The molecule has 2 unspecified atom stereocenters. The summed E-state index contributed by atoms with van der Waals surface area (Å²) in [5.41, 5.74) is 2.05. The molecule has 2 atom stereocenters. The van der Waals surface area contributed by atoms with Gasteiger partial charge < -0.3 is 4.90 Å². The molecule has 1 aliphatic rings. The Kier molecular flexibility index (Phi) is 4.18. The Balaban J connectivity index is 2.29. The van der Waals surface area contributed by atoms with E-state index in [2.05, 4.69) is 28.0 Å². The van der Waals surface area contributed by atoms with Crippen molar-refractivity contribution >= 4 is 27.5 Å². The van der Waals surface area contributed by atoms with E-state index in [0.717, 1.165) is 11.3 Å². The summed E-state index contributed by atoms with van der Waals surface area (Å²) in [7, 11) is 3.54. The third kappa shape index (κ3) is 2.87. The molecule has 4 nitrogen and oxygen atoms in total. The molecule has 0 radical (unpaired) electrons. The first-order valence-electron chi connectivity index (χ1n) is 6.64. The zero-order valence-corrected chi connectivity index (χ0v) is 13.9. The van der Waals surface area contributed by atoms with Gasteiger partial charge in [0.2, 0.25) is 5.91 Å². The summed E-state index contributed by atoms with van der Waals surface area (Å²) in [4.78, 5) is 13.7. The number of hydrazone groups is 1. The lowest BCUT2D eigenvalue weighted by Gasteiger charge is -2.26. The van der Waals surface area contributed by atoms with Gasteiger partial charge in [0.1, 0.15) is 6.04 Å². The Labute approximate surface area is 128 Å². The summed E-state index contributed by atoms with van der Waals surface area (Å²) in [5.74, 6) is 0.0614. The van der Waals surface area contributed by atoms with Crippen LogP contribution in [0.3, 0.4) is 0 Å². The largest absolute Gasteiger partial charge is 0.347 e. The van der Waals surface area contributed by atoms with E-state index in [1.54, 1.807) is 19.0 Å². The van der Waals surface area contributed by atoms with Crippen LogP contribution in [0.2, 0.25) is 0 Å². The smallest absolute Gasteiger partial charge is 0.246 e. The van der Waals surface area contributed by atoms with Gasteiger partial charge in [0.05, 0.1) is 16.6 Å². The number of benzene rings is 1. The standard InChI is InChI=1S/C15H20BrN3O/c1-11(14(20)18(3)4)19-10-15(2,16)13(17-19)12-8-6-5-7-9-12/h5-9,11H,10H2,1-4H3. The van der Waals surface area contributed by atoms with E-state index < -0.39 is 0 Å². The summed E-state index contributed by atoms with van der Waals surface area (Å²) >= 11 is 3.74. The fourth-order valence-electron chi connectivity index (χ4n) is 2.33. The van der Waals surface area contributed by atoms with Crippen molar-refractivity contribution < 1.29 is 4.79 Å². The van der Waals surface area contributed by atoms with Gasteiger partial charge in [0.25, 0.3) is 0 Å². The molecule has 0 aromatic heterocycles. The SMILES string of the molecule is CC(C(=O)N(C)C)N1CC(C)(Br)C(c2ccccc2)=N1. The average Bonchev–Trinajstić information content (AvgIpc) is 2.73. The van der Waals surface area contributed by atoms with Gasteiger partial charge >= 0.3 is 0 Å². The summed E-state index contributed by atoms with van der Waals surface area (Å²) in [5, 5.41) is 6.53. The Morgan fingerprint density at radius 2 is 2.00 bits per heavy atom. The second-order valence-electron chi connectivity index (χ2n) is 5.52. The number of hydrogen-bond donors (Lipinski definition) is 0. The number of rotatable bonds is 3. The molecule has 108 valence electrons. The number of hydrogen-bond acceptors (Lipinski definition) is 3. The van der Waals surface area contributed by atoms with Crippen molar-refractivity contribution in [2.45, 2.75) is 24.2 Å². The van der Waals surface area contributed by atoms with Gasteiger partial charge in [-0.15, -0.1) is 0 Å². The van der Waals surface area contributed by atoms with Crippen LogP contribution in [0.15, 0.2) is 35.4 Å². The molecule has 0 bridgehead atoms. The van der Waals surface area contributed by atoms with Gasteiger partial charge in [-0.3, -0.25) is 9.80 Å². The van der Waals surface area contributed by atoms with Gasteiger partial charge in [-0.2, -0.15) is 5.10 Å². The summed E-state index contributed by atoms with van der Waals surface area (Å²) < 4.78 is -0.241. The Hall–Kier alpha value is -1.36. The quantitative estimate of drug-likeness (QED) is 0.793. The summed E-state index contributed by atoms with van der Waals surface area (Å²) in [6.07, 6.45) is 0. The Bertz CT molecular complexity index is 525. The van der Waals surface area contributed by atoms with Gasteiger partial charge in [-0.1, -0.05) is 46.3 Å². The zero-order valence-electron chi connectivity index (χ0n) is 12.3. The number of halogens is 1. The lowest BCUT2D eigenvalue weighted by molar-refractivity contribution is -0.133. The third-order valence-electron chi connectivity index (χ3n) is 3.47. The molecule has 1 heterocycles. The van der Waals surface area contributed by atoms with E-state index in [9.17, 15) is 4.79 Å². The molecule has 1 aromatic carbocycles. The number of alkyl halides is 1. The first kappa shape index (κ1) is 15.0. The van der Waals surface area contributed by atoms with Crippen molar-refractivity contribution in [1.82, 2.24) is 9.91 Å². The van der Waals surface area contributed by atoms with Crippen molar-refractivity contribution in [3.63, 3.8) is 0 Å². The van der Waals surface area contributed by atoms with Crippen LogP contribution in [-0.4, -0.2) is 52.5 Å². The average molecular weight is 338 g/mol. The number of amides is 1. The number of carbonyl (C=O) groups is 1. The zero-order chi connectivity index (χ0) is 14.9. The fraction of sp³-hybridized carbons (Fsp3) is 0.467. The van der Waals surface area contributed by atoms with Gasteiger partial charge in [-0.25, -0.2) is 0 Å². The number of nitrogens with zero attached hydrogens (tertiary/aromatic N) is 3. The molecule has 2 rings (SSSR count). The van der Waals surface area contributed by atoms with Crippen molar-refractivity contribution in [2.24, 2.45) is 5.10 Å². The molecule has 20 heavy (non-hydrogen) atoms. The van der Waals surface area contributed by atoms with E-state index in [1.165, 1.54) is 0 Å². The molecular weight excluding hydrogens is 318 g/mol. The maximum absolute atomic E-state index is 12.1. The number of carbonyl (C=O) groups excluding carboxylic acids is 1. The monoisotopic (exact) mass is 337 g/mol. The van der Waals surface area contributed by atoms with E-state index in [4.69, 9.17) is 0 Å². The van der Waals surface area contributed by atoms with Crippen LogP contribution in [0.4, 0.5) is 0 Å². The highest BCUT2D eigenvalue weighted by Gasteiger charge is 2.40. The lowest BCUT2D eigenvalue weighted by Crippen LogP contribution is -2.43. The lowest BCUT2D eigenvalue weighted by atomic mass is 9.99. The minimum absolute atomic E-state index is 0.0614. The fourth-order valence-corrected chi connectivity index (χ4v) is 2.89. The topological polar surface area (TPSA) is 35.9 Å². The second-order valence-corrected chi connectivity index (χ2v) is 7.27. The van der Waals surface area contributed by atoms with Crippen LogP contribution in [0, 0.1) is 0 Å². The minimum Gasteiger partial charge on any atom is -0.347 e. The van der Waals surface area contributed by atoms with Crippen LogP contribution in [0.1, 0.15) is 19.4 Å². The van der Waals surface area contributed by atoms with Crippen molar-refractivity contribution in [3.05, 3.63) is 35.9 Å². The van der Waals surface area contributed by atoms with Crippen LogP contribution in [0.5, 0.6) is 0 Å². The summed E-state index contributed by atoms with van der Waals surface area (Å²) in [6.45, 7) is 4.66. The van der Waals surface area contributed by atoms with Crippen LogP contribution in [0.25, 0.3) is 0 Å². The van der Waals surface area contributed by atoms with Gasteiger partial charge in [-0.05, 0) is 19.4 Å². The van der Waals surface area contributed by atoms with Gasteiger partial charge in [0, 0.05) is 14.1 Å². The second kappa shape index (κ2) is 5.56. The molecule has 1 amide bonds. The minimum atomic E-state index is -0.261. The van der Waals surface area contributed by atoms with E-state index in [0.29, 0.717) is 6.54 Å². The van der Waals surface area contributed by atoms with Crippen molar-refractivity contribution in [2.75, 3.05) is 20.6 Å². The molecule has 0 saturated carbocycles. The van der Waals surface area contributed by atoms with Crippen LogP contribution >= 0.6 is 15.9 Å². The van der Waals surface area contributed by atoms with Crippen LogP contribution < -0.4 is 0 Å². The predicted molar refractivity (Wildman–Crippen MR) is 85.2 cm³/mol. The molecule has 0 N–H and O–H groups in total. The molecule has 1 aliphatic heterocycles.